The lowest BCUT2D eigenvalue weighted by Crippen LogP contribution is -2.36. The first-order valence-electron chi connectivity index (χ1n) is 11.8. The van der Waals surface area contributed by atoms with Gasteiger partial charge in [-0.1, -0.05) is 68.3 Å². The Labute approximate surface area is 202 Å². The van der Waals surface area contributed by atoms with E-state index in [-0.39, 0.29) is 11.4 Å². The molecule has 1 aliphatic rings. The minimum absolute atomic E-state index is 0.0964. The first kappa shape index (κ1) is 25.2. The molecule has 0 saturated carbocycles. The van der Waals surface area contributed by atoms with Gasteiger partial charge in [0.05, 0.1) is 18.2 Å². The average molecular weight is 463 g/mol. The summed E-state index contributed by atoms with van der Waals surface area (Å²) in [6.07, 6.45) is 6.28. The molecule has 6 nitrogen and oxygen atoms in total. The van der Waals surface area contributed by atoms with E-state index >= 15 is 0 Å². The van der Waals surface area contributed by atoms with Crippen LogP contribution in [0.2, 0.25) is 0 Å². The van der Waals surface area contributed by atoms with Crippen LogP contribution in [0.5, 0.6) is 5.75 Å². The van der Waals surface area contributed by atoms with E-state index in [9.17, 15) is 14.7 Å². The largest absolute Gasteiger partial charge is 0.503 e. The van der Waals surface area contributed by atoms with Crippen LogP contribution in [0.15, 0.2) is 72.0 Å². The molecule has 34 heavy (non-hydrogen) atoms. The smallest absolute Gasteiger partial charge is 0.290 e. The van der Waals surface area contributed by atoms with Crippen molar-refractivity contribution >= 4 is 17.8 Å². The van der Waals surface area contributed by atoms with Crippen molar-refractivity contribution in [2.24, 2.45) is 0 Å². The number of carbonyl (C=O) groups excluding carboxylic acids is 2. The van der Waals surface area contributed by atoms with E-state index in [1.165, 1.54) is 6.08 Å². The van der Waals surface area contributed by atoms with Crippen molar-refractivity contribution in [1.29, 1.82) is 0 Å². The standard InChI is InChI=1S/C28H34N2O4/c1-4-5-9-19-34-23-14-10-13-22(20-23)26-25(24(31)16-15-21-11-7-6-8-12-21)27(32)28(33)30(26)18-17-29(2)3/h6-8,10-16,20,26,32H,4-5,9,17-19H2,1-3H3/b16-15+. The van der Waals surface area contributed by atoms with Crippen LogP contribution in [-0.4, -0.2) is 60.4 Å². The Balaban J connectivity index is 1.92. The Kier molecular flexibility index (Phi) is 9.05. The fourth-order valence-electron chi connectivity index (χ4n) is 3.93. The molecule has 0 spiro atoms. The summed E-state index contributed by atoms with van der Waals surface area (Å²) in [6.45, 7) is 3.73. The zero-order valence-electron chi connectivity index (χ0n) is 20.2. The molecule has 0 fully saturated rings. The molecule has 1 heterocycles. The van der Waals surface area contributed by atoms with E-state index < -0.39 is 17.7 Å². The van der Waals surface area contributed by atoms with Gasteiger partial charge in [0.15, 0.2) is 11.5 Å². The summed E-state index contributed by atoms with van der Waals surface area (Å²) in [6, 6.07) is 16.2. The SMILES string of the molecule is CCCCCOc1cccc(C2C(C(=O)/C=C/c3ccccc3)=C(O)C(=O)N2CCN(C)C)c1. The maximum Gasteiger partial charge on any atom is 0.290 e. The van der Waals surface area contributed by atoms with Crippen molar-refractivity contribution < 1.29 is 19.4 Å². The number of ketones is 1. The Morgan fingerprint density at radius 3 is 2.59 bits per heavy atom. The molecule has 6 heteroatoms. The fraction of sp³-hybridized carbons (Fsp3) is 0.357. The van der Waals surface area contributed by atoms with Crippen LogP contribution in [0.25, 0.3) is 6.08 Å². The van der Waals surface area contributed by atoms with Crippen LogP contribution in [-0.2, 0) is 9.59 Å². The Hall–Kier alpha value is -3.38. The second kappa shape index (κ2) is 12.2. The lowest BCUT2D eigenvalue weighted by Gasteiger charge is -2.28. The molecule has 2 aromatic rings. The number of ether oxygens (including phenoxy) is 1. The first-order chi connectivity index (χ1) is 16.4. The van der Waals surface area contributed by atoms with Crippen LogP contribution in [0.1, 0.15) is 43.4 Å². The molecule has 1 amide bonds. The third-order valence-corrected chi connectivity index (χ3v) is 5.77. The number of amides is 1. The number of aliphatic hydroxyl groups excluding tert-OH is 1. The van der Waals surface area contributed by atoms with Gasteiger partial charge in [-0.2, -0.15) is 0 Å². The zero-order valence-corrected chi connectivity index (χ0v) is 20.2. The Morgan fingerprint density at radius 2 is 1.88 bits per heavy atom. The van der Waals surface area contributed by atoms with E-state index in [0.29, 0.717) is 25.4 Å². The molecular formula is C28H34N2O4. The van der Waals surface area contributed by atoms with Gasteiger partial charge in [0.25, 0.3) is 5.91 Å². The summed E-state index contributed by atoms with van der Waals surface area (Å²) in [5, 5.41) is 10.8. The van der Waals surface area contributed by atoms with Crippen LogP contribution >= 0.6 is 0 Å². The minimum Gasteiger partial charge on any atom is -0.503 e. The summed E-state index contributed by atoms with van der Waals surface area (Å²) in [5.74, 6) is -0.716. The molecule has 1 aliphatic heterocycles. The van der Waals surface area contributed by atoms with E-state index in [1.54, 1.807) is 11.0 Å². The Bertz CT molecular complexity index is 1040. The van der Waals surface area contributed by atoms with Crippen molar-refractivity contribution in [1.82, 2.24) is 9.80 Å². The summed E-state index contributed by atoms with van der Waals surface area (Å²) < 4.78 is 5.91. The van der Waals surface area contributed by atoms with Crippen molar-refractivity contribution in [3.05, 3.63) is 83.1 Å². The number of allylic oxidation sites excluding steroid dienone is 1. The van der Waals surface area contributed by atoms with Gasteiger partial charge in [0.2, 0.25) is 0 Å². The molecule has 2 aromatic carbocycles. The van der Waals surface area contributed by atoms with Crippen LogP contribution in [0, 0.1) is 0 Å². The molecule has 1 unspecified atom stereocenters. The summed E-state index contributed by atoms with van der Waals surface area (Å²) in [7, 11) is 3.84. The third kappa shape index (κ3) is 6.35. The minimum atomic E-state index is -0.681. The van der Waals surface area contributed by atoms with Gasteiger partial charge in [0.1, 0.15) is 5.75 Å². The number of carbonyl (C=O) groups is 2. The normalized spacial score (nSPS) is 16.2. The van der Waals surface area contributed by atoms with Crippen molar-refractivity contribution in [2.75, 3.05) is 33.8 Å². The molecule has 0 radical (unpaired) electrons. The number of nitrogens with zero attached hydrogens (tertiary/aromatic N) is 2. The van der Waals surface area contributed by atoms with Crippen molar-refractivity contribution in [3.8, 4) is 5.75 Å². The second-order valence-electron chi connectivity index (χ2n) is 8.70. The molecule has 3 rings (SSSR count). The molecule has 0 saturated heterocycles. The van der Waals surface area contributed by atoms with Gasteiger partial charge in [-0.25, -0.2) is 0 Å². The number of benzene rings is 2. The molecule has 0 bridgehead atoms. The van der Waals surface area contributed by atoms with Crippen molar-refractivity contribution in [3.63, 3.8) is 0 Å². The van der Waals surface area contributed by atoms with E-state index in [4.69, 9.17) is 4.74 Å². The number of likely N-dealkylation sites (N-methyl/N-ethyl adjacent to an activating group) is 1. The highest BCUT2D eigenvalue weighted by atomic mass is 16.5. The summed E-state index contributed by atoms with van der Waals surface area (Å²) in [5.41, 5.74) is 1.70. The number of unbranched alkanes of at least 4 members (excludes halogenated alkanes) is 2. The first-order valence-corrected chi connectivity index (χ1v) is 11.8. The van der Waals surface area contributed by atoms with Gasteiger partial charge < -0.3 is 19.6 Å². The molecule has 0 aromatic heterocycles. The highest BCUT2D eigenvalue weighted by Gasteiger charge is 2.42. The zero-order chi connectivity index (χ0) is 24.5. The van der Waals surface area contributed by atoms with Crippen molar-refractivity contribution in [2.45, 2.75) is 32.2 Å². The molecular weight excluding hydrogens is 428 g/mol. The van der Waals surface area contributed by atoms with Gasteiger partial charge in [-0.3, -0.25) is 9.59 Å². The molecule has 1 N–H and O–H groups in total. The Morgan fingerprint density at radius 1 is 1.12 bits per heavy atom. The quantitative estimate of drug-likeness (QED) is 0.363. The summed E-state index contributed by atoms with van der Waals surface area (Å²) >= 11 is 0. The van der Waals surface area contributed by atoms with Crippen LogP contribution in [0.3, 0.4) is 0 Å². The van der Waals surface area contributed by atoms with Crippen LogP contribution in [0.4, 0.5) is 0 Å². The highest BCUT2D eigenvalue weighted by molar-refractivity contribution is 6.14. The van der Waals surface area contributed by atoms with Crippen LogP contribution < -0.4 is 4.74 Å². The van der Waals surface area contributed by atoms with E-state index in [1.807, 2.05) is 73.6 Å². The molecule has 1 atom stereocenters. The fourth-order valence-corrected chi connectivity index (χ4v) is 3.93. The second-order valence-corrected chi connectivity index (χ2v) is 8.70. The number of hydrogen-bond acceptors (Lipinski definition) is 5. The van der Waals surface area contributed by atoms with Gasteiger partial charge in [-0.15, -0.1) is 0 Å². The van der Waals surface area contributed by atoms with E-state index in [0.717, 1.165) is 30.4 Å². The lowest BCUT2D eigenvalue weighted by atomic mass is 9.95. The predicted octanol–water partition coefficient (Wildman–Crippen LogP) is 4.80. The summed E-state index contributed by atoms with van der Waals surface area (Å²) in [4.78, 5) is 29.8. The topological polar surface area (TPSA) is 70.1 Å². The van der Waals surface area contributed by atoms with Gasteiger partial charge in [0, 0.05) is 13.1 Å². The van der Waals surface area contributed by atoms with Gasteiger partial charge >= 0.3 is 0 Å². The number of rotatable bonds is 12. The van der Waals surface area contributed by atoms with E-state index in [2.05, 4.69) is 6.92 Å². The number of aliphatic hydroxyl groups is 1. The van der Waals surface area contributed by atoms with Gasteiger partial charge in [-0.05, 0) is 49.9 Å². The maximum absolute atomic E-state index is 13.2. The molecule has 0 aliphatic carbocycles. The third-order valence-electron chi connectivity index (χ3n) is 5.77. The lowest BCUT2D eigenvalue weighted by molar-refractivity contribution is -0.129. The highest BCUT2D eigenvalue weighted by Crippen LogP contribution is 2.38. The maximum atomic E-state index is 13.2. The average Bonchev–Trinajstić information content (AvgIpc) is 3.09. The molecule has 180 valence electrons. The number of hydrogen-bond donors (Lipinski definition) is 1. The predicted molar refractivity (Wildman–Crippen MR) is 135 cm³/mol. The monoisotopic (exact) mass is 462 g/mol.